The summed E-state index contributed by atoms with van der Waals surface area (Å²) in [5.41, 5.74) is 7.91. The third-order valence-corrected chi connectivity index (χ3v) is 3.92. The van der Waals surface area contributed by atoms with Crippen LogP contribution in [-0.4, -0.2) is 11.7 Å². The molecule has 4 heteroatoms. The van der Waals surface area contributed by atoms with Crippen LogP contribution in [0.5, 0.6) is 0 Å². The van der Waals surface area contributed by atoms with Crippen molar-refractivity contribution in [2.24, 2.45) is 0 Å². The first kappa shape index (κ1) is 13.1. The maximum atomic E-state index is 14.4. The van der Waals surface area contributed by atoms with E-state index in [1.165, 1.54) is 12.1 Å². The van der Waals surface area contributed by atoms with Crippen LogP contribution in [0.3, 0.4) is 0 Å². The number of nitrogen functional groups attached to an aromatic ring is 1. The number of nitrogens with two attached hydrogens (primary N) is 1. The average molecular weight is 275 g/mol. The molecule has 0 aliphatic heterocycles. The maximum Gasteiger partial charge on any atom is 0.299 e. The Morgan fingerprint density at radius 1 is 1.15 bits per heavy atom. The minimum absolute atomic E-state index is 0.0169. The second kappa shape index (κ2) is 4.28. The summed E-state index contributed by atoms with van der Waals surface area (Å²) >= 11 is 0. The summed E-state index contributed by atoms with van der Waals surface area (Å²) in [5.74, 6) is -3.19. The Bertz CT molecular complexity index is 682. The molecule has 1 unspecified atom stereocenters. The molecule has 0 heterocycles. The van der Waals surface area contributed by atoms with E-state index in [0.29, 0.717) is 22.4 Å². The van der Waals surface area contributed by atoms with Gasteiger partial charge in [0.2, 0.25) is 0 Å². The largest absolute Gasteiger partial charge is 0.398 e. The maximum absolute atomic E-state index is 14.4. The quantitative estimate of drug-likeness (QED) is 0.824. The van der Waals surface area contributed by atoms with Gasteiger partial charge in [-0.1, -0.05) is 31.2 Å². The second-order valence-electron chi connectivity index (χ2n) is 5.23. The molecule has 3 rings (SSSR count). The zero-order chi connectivity index (χ0) is 14.5. The molecular weight excluding hydrogens is 260 g/mol. The molecular formula is C16H15F2NO. The van der Waals surface area contributed by atoms with Gasteiger partial charge in [-0.05, 0) is 28.8 Å². The average Bonchev–Trinajstić information content (AvgIpc) is 2.66. The van der Waals surface area contributed by atoms with Crippen molar-refractivity contribution in [2.45, 2.75) is 18.8 Å². The fourth-order valence-electron chi connectivity index (χ4n) is 2.78. The van der Waals surface area contributed by atoms with E-state index in [-0.39, 0.29) is 23.7 Å². The number of hydrogen-bond acceptors (Lipinski definition) is 2. The molecule has 2 nitrogen and oxygen atoms in total. The van der Waals surface area contributed by atoms with Crippen LogP contribution in [0.1, 0.15) is 29.5 Å². The molecule has 104 valence electrons. The molecule has 20 heavy (non-hydrogen) atoms. The van der Waals surface area contributed by atoms with E-state index >= 15 is 0 Å². The van der Waals surface area contributed by atoms with Gasteiger partial charge in [-0.25, -0.2) is 0 Å². The normalized spacial score (nSPS) is 16.6. The van der Waals surface area contributed by atoms with Crippen LogP contribution in [0.4, 0.5) is 14.5 Å². The third kappa shape index (κ3) is 1.64. The number of alkyl halides is 2. The van der Waals surface area contributed by atoms with Crippen LogP contribution in [0, 0.1) is 0 Å². The van der Waals surface area contributed by atoms with E-state index in [1.54, 1.807) is 24.3 Å². The van der Waals surface area contributed by atoms with Crippen molar-refractivity contribution in [3.63, 3.8) is 0 Å². The molecule has 0 bridgehead atoms. The van der Waals surface area contributed by atoms with Gasteiger partial charge < -0.3 is 10.8 Å². The highest BCUT2D eigenvalue weighted by molar-refractivity contribution is 5.82. The van der Waals surface area contributed by atoms with Crippen molar-refractivity contribution in [1.29, 1.82) is 0 Å². The first-order valence-corrected chi connectivity index (χ1v) is 6.49. The molecule has 1 aliphatic rings. The van der Waals surface area contributed by atoms with Gasteiger partial charge in [0.05, 0.1) is 0 Å². The van der Waals surface area contributed by atoms with Crippen molar-refractivity contribution in [3.8, 4) is 11.1 Å². The number of aliphatic hydroxyl groups excluding tert-OH is 1. The van der Waals surface area contributed by atoms with Crippen molar-refractivity contribution < 1.29 is 13.9 Å². The van der Waals surface area contributed by atoms with Gasteiger partial charge in [0.15, 0.2) is 0 Å². The fourth-order valence-corrected chi connectivity index (χ4v) is 2.78. The van der Waals surface area contributed by atoms with Crippen molar-refractivity contribution in [1.82, 2.24) is 0 Å². The molecule has 3 N–H and O–H groups in total. The second-order valence-corrected chi connectivity index (χ2v) is 5.23. The Kier molecular flexibility index (Phi) is 2.80. The lowest BCUT2D eigenvalue weighted by Crippen LogP contribution is -2.12. The topological polar surface area (TPSA) is 46.2 Å². The van der Waals surface area contributed by atoms with Crippen LogP contribution in [0.2, 0.25) is 0 Å². The molecule has 0 saturated heterocycles. The summed E-state index contributed by atoms with van der Waals surface area (Å²) in [5, 5.41) is 9.26. The van der Waals surface area contributed by atoms with Crippen LogP contribution in [0.15, 0.2) is 36.4 Å². The van der Waals surface area contributed by atoms with Crippen LogP contribution in [-0.2, 0) is 5.92 Å². The minimum atomic E-state index is -3.01. The standard InChI is InChI=1S/C16H15F2NO/c1-9(8-20)11-6-12-10-4-2-3-5-13(10)16(17,18)14(12)7-15(11)19/h2-7,9,20H,8,19H2,1H3. The van der Waals surface area contributed by atoms with E-state index in [0.717, 1.165) is 0 Å². The molecule has 0 fully saturated rings. The summed E-state index contributed by atoms with van der Waals surface area (Å²) in [6.45, 7) is 1.75. The molecule has 0 radical (unpaired) electrons. The predicted molar refractivity (Wildman–Crippen MR) is 74.8 cm³/mol. The monoisotopic (exact) mass is 275 g/mol. The number of hydrogen-bond donors (Lipinski definition) is 2. The number of anilines is 1. The van der Waals surface area contributed by atoms with Gasteiger partial charge in [0.25, 0.3) is 5.92 Å². The fraction of sp³-hybridized carbons (Fsp3) is 0.250. The van der Waals surface area contributed by atoms with E-state index in [2.05, 4.69) is 0 Å². The van der Waals surface area contributed by atoms with E-state index in [4.69, 9.17) is 5.73 Å². The SMILES string of the molecule is CC(CO)c1cc2c(cc1N)C(F)(F)c1ccccc1-2. The zero-order valence-corrected chi connectivity index (χ0v) is 11.0. The first-order chi connectivity index (χ1) is 9.46. The summed E-state index contributed by atoms with van der Waals surface area (Å²) in [7, 11) is 0. The molecule has 0 saturated carbocycles. The summed E-state index contributed by atoms with van der Waals surface area (Å²) < 4.78 is 28.8. The van der Waals surface area contributed by atoms with Crippen LogP contribution >= 0.6 is 0 Å². The Hall–Kier alpha value is -1.94. The van der Waals surface area contributed by atoms with Crippen LogP contribution < -0.4 is 5.73 Å². The number of rotatable bonds is 2. The Balaban J connectivity index is 2.28. The predicted octanol–water partition coefficient (Wildman–Crippen LogP) is 3.49. The van der Waals surface area contributed by atoms with Crippen molar-refractivity contribution in [2.75, 3.05) is 12.3 Å². The zero-order valence-electron chi connectivity index (χ0n) is 11.0. The summed E-state index contributed by atoms with van der Waals surface area (Å²) in [6, 6.07) is 9.52. The number of fused-ring (bicyclic) bond motifs is 3. The molecule has 0 amide bonds. The van der Waals surface area contributed by atoms with Crippen molar-refractivity contribution in [3.05, 3.63) is 53.1 Å². The lowest BCUT2D eigenvalue weighted by molar-refractivity contribution is 0.0480. The highest BCUT2D eigenvalue weighted by Gasteiger charge is 2.44. The molecule has 2 aromatic rings. The Morgan fingerprint density at radius 3 is 2.55 bits per heavy atom. The van der Waals surface area contributed by atoms with Gasteiger partial charge in [-0.3, -0.25) is 0 Å². The van der Waals surface area contributed by atoms with Crippen molar-refractivity contribution >= 4 is 5.69 Å². The summed E-state index contributed by atoms with van der Waals surface area (Å²) in [6.07, 6.45) is 0. The van der Waals surface area contributed by atoms with E-state index < -0.39 is 5.92 Å². The molecule has 0 spiro atoms. The van der Waals surface area contributed by atoms with Gasteiger partial charge in [-0.2, -0.15) is 8.78 Å². The summed E-state index contributed by atoms with van der Waals surface area (Å²) in [4.78, 5) is 0. The highest BCUT2D eigenvalue weighted by atomic mass is 19.3. The first-order valence-electron chi connectivity index (χ1n) is 6.49. The number of benzene rings is 2. The molecule has 1 atom stereocenters. The van der Waals surface area contributed by atoms with E-state index in [1.807, 2.05) is 6.92 Å². The highest BCUT2D eigenvalue weighted by Crippen LogP contribution is 2.52. The number of aliphatic hydroxyl groups is 1. The number of halogens is 2. The molecule has 2 aromatic carbocycles. The van der Waals surface area contributed by atoms with E-state index in [9.17, 15) is 13.9 Å². The Morgan fingerprint density at radius 2 is 1.85 bits per heavy atom. The smallest absolute Gasteiger partial charge is 0.299 e. The van der Waals surface area contributed by atoms with Gasteiger partial charge in [-0.15, -0.1) is 0 Å². The lowest BCUT2D eigenvalue weighted by Gasteiger charge is -2.16. The van der Waals surface area contributed by atoms with Gasteiger partial charge >= 0.3 is 0 Å². The minimum Gasteiger partial charge on any atom is -0.398 e. The van der Waals surface area contributed by atoms with Gasteiger partial charge in [0, 0.05) is 29.3 Å². The molecule has 1 aliphatic carbocycles. The molecule has 0 aromatic heterocycles. The third-order valence-electron chi connectivity index (χ3n) is 3.92. The van der Waals surface area contributed by atoms with Gasteiger partial charge in [0.1, 0.15) is 0 Å². The lowest BCUT2D eigenvalue weighted by atomic mass is 9.94. The van der Waals surface area contributed by atoms with Crippen LogP contribution in [0.25, 0.3) is 11.1 Å². The Labute approximate surface area is 115 Å².